The van der Waals surface area contributed by atoms with Crippen molar-refractivity contribution < 1.29 is 12.8 Å². The SMILES string of the molecule is CCNCCNS(=O)(=O)c1cc(Br)c(F)cc1C.Cl. The van der Waals surface area contributed by atoms with Gasteiger partial charge < -0.3 is 5.32 Å². The van der Waals surface area contributed by atoms with Crippen LogP contribution in [-0.4, -0.2) is 28.1 Å². The first kappa shape index (κ1) is 18.8. The summed E-state index contributed by atoms with van der Waals surface area (Å²) in [5.41, 5.74) is 0.381. The van der Waals surface area contributed by atoms with Crippen LogP contribution in [0.1, 0.15) is 12.5 Å². The summed E-state index contributed by atoms with van der Waals surface area (Å²) in [5.74, 6) is -0.473. The second-order valence-corrected chi connectivity index (χ2v) is 6.37. The molecule has 0 amide bonds. The van der Waals surface area contributed by atoms with Gasteiger partial charge in [-0.25, -0.2) is 17.5 Å². The highest BCUT2D eigenvalue weighted by molar-refractivity contribution is 9.10. The third-order valence-electron chi connectivity index (χ3n) is 2.35. The first-order valence-electron chi connectivity index (χ1n) is 5.54. The number of aryl methyl sites for hydroxylation is 1. The van der Waals surface area contributed by atoms with Gasteiger partial charge in [0.15, 0.2) is 0 Å². The topological polar surface area (TPSA) is 58.2 Å². The van der Waals surface area contributed by atoms with Crippen LogP contribution < -0.4 is 10.0 Å². The predicted octanol–water partition coefficient (Wildman–Crippen LogP) is 2.21. The van der Waals surface area contributed by atoms with Crippen molar-refractivity contribution in [3.05, 3.63) is 28.0 Å². The van der Waals surface area contributed by atoms with Gasteiger partial charge in [-0.3, -0.25) is 0 Å². The maximum absolute atomic E-state index is 13.2. The molecule has 1 aromatic rings. The number of hydrogen-bond donors (Lipinski definition) is 2. The smallest absolute Gasteiger partial charge is 0.240 e. The zero-order valence-electron chi connectivity index (χ0n) is 10.7. The average Bonchev–Trinajstić information content (AvgIpc) is 2.29. The van der Waals surface area contributed by atoms with Crippen molar-refractivity contribution in [3.63, 3.8) is 0 Å². The summed E-state index contributed by atoms with van der Waals surface area (Å²) in [4.78, 5) is 0.0901. The molecule has 0 unspecified atom stereocenters. The number of nitrogens with one attached hydrogen (secondary N) is 2. The minimum absolute atomic E-state index is 0. The predicted molar refractivity (Wildman–Crippen MR) is 79.8 cm³/mol. The van der Waals surface area contributed by atoms with E-state index in [0.29, 0.717) is 18.7 Å². The summed E-state index contributed by atoms with van der Waals surface area (Å²) in [6.45, 7) is 5.13. The molecule has 0 fully saturated rings. The minimum Gasteiger partial charge on any atom is -0.316 e. The second-order valence-electron chi connectivity index (χ2n) is 3.78. The molecule has 0 saturated heterocycles. The lowest BCUT2D eigenvalue weighted by molar-refractivity contribution is 0.575. The molecule has 1 aromatic carbocycles. The number of rotatable bonds is 6. The molecule has 4 nitrogen and oxygen atoms in total. The molecule has 2 N–H and O–H groups in total. The van der Waals surface area contributed by atoms with Gasteiger partial charge in [0.25, 0.3) is 0 Å². The molecule has 0 aliphatic heterocycles. The maximum Gasteiger partial charge on any atom is 0.240 e. The molecule has 0 aliphatic rings. The molecule has 1 rings (SSSR count). The van der Waals surface area contributed by atoms with Crippen molar-refractivity contribution in [2.45, 2.75) is 18.7 Å². The molecule has 0 aromatic heterocycles. The van der Waals surface area contributed by atoms with Crippen LogP contribution in [0.4, 0.5) is 4.39 Å². The minimum atomic E-state index is -3.60. The van der Waals surface area contributed by atoms with Crippen LogP contribution in [-0.2, 0) is 10.0 Å². The van der Waals surface area contributed by atoms with Crippen molar-refractivity contribution in [1.82, 2.24) is 10.0 Å². The number of hydrogen-bond acceptors (Lipinski definition) is 3. The van der Waals surface area contributed by atoms with Crippen molar-refractivity contribution in [1.29, 1.82) is 0 Å². The van der Waals surface area contributed by atoms with Crippen LogP contribution in [0, 0.1) is 12.7 Å². The highest BCUT2D eigenvalue weighted by Crippen LogP contribution is 2.23. The lowest BCUT2D eigenvalue weighted by Crippen LogP contribution is -2.32. The molecule has 0 spiro atoms. The Balaban J connectivity index is 0.00000324. The van der Waals surface area contributed by atoms with Crippen LogP contribution in [0.3, 0.4) is 0 Å². The zero-order valence-corrected chi connectivity index (χ0v) is 13.9. The van der Waals surface area contributed by atoms with Crippen LogP contribution in [0.2, 0.25) is 0 Å². The van der Waals surface area contributed by atoms with Crippen molar-refractivity contribution in [2.75, 3.05) is 19.6 Å². The third-order valence-corrected chi connectivity index (χ3v) is 4.56. The van der Waals surface area contributed by atoms with E-state index in [9.17, 15) is 12.8 Å². The molecule has 0 saturated carbocycles. The summed E-state index contributed by atoms with van der Waals surface area (Å²) < 4.78 is 39.8. The van der Waals surface area contributed by atoms with Crippen molar-refractivity contribution in [3.8, 4) is 0 Å². The number of benzene rings is 1. The van der Waals surface area contributed by atoms with Crippen LogP contribution in [0.25, 0.3) is 0 Å². The molecule has 0 radical (unpaired) electrons. The van der Waals surface area contributed by atoms with E-state index in [4.69, 9.17) is 0 Å². The number of sulfonamides is 1. The first-order chi connectivity index (χ1) is 8.38. The van der Waals surface area contributed by atoms with E-state index >= 15 is 0 Å². The Morgan fingerprint density at radius 1 is 1.32 bits per heavy atom. The highest BCUT2D eigenvalue weighted by atomic mass is 79.9. The van der Waals surface area contributed by atoms with Gasteiger partial charge in [0.1, 0.15) is 5.82 Å². The Labute approximate surface area is 127 Å². The van der Waals surface area contributed by atoms with E-state index in [2.05, 4.69) is 26.0 Å². The van der Waals surface area contributed by atoms with E-state index in [1.807, 2.05) is 6.92 Å². The summed E-state index contributed by atoms with van der Waals surface area (Å²) in [6.07, 6.45) is 0. The van der Waals surface area contributed by atoms with Gasteiger partial charge in [-0.15, -0.1) is 12.4 Å². The Bertz CT molecular complexity index is 526. The summed E-state index contributed by atoms with van der Waals surface area (Å²) >= 11 is 2.99. The molecule has 0 bridgehead atoms. The zero-order chi connectivity index (χ0) is 13.8. The van der Waals surface area contributed by atoms with Crippen LogP contribution >= 0.6 is 28.3 Å². The van der Waals surface area contributed by atoms with Gasteiger partial charge in [-0.1, -0.05) is 6.92 Å². The quantitative estimate of drug-likeness (QED) is 0.750. The fourth-order valence-corrected chi connectivity index (χ4v) is 3.22. The lowest BCUT2D eigenvalue weighted by atomic mass is 10.2. The number of halogens is 3. The molecule has 110 valence electrons. The Hall–Kier alpha value is -0.210. The molecule has 19 heavy (non-hydrogen) atoms. The maximum atomic E-state index is 13.2. The largest absolute Gasteiger partial charge is 0.316 e. The number of likely N-dealkylation sites (N-methyl/N-ethyl adjacent to an activating group) is 1. The molecule has 0 atom stereocenters. The normalized spacial score (nSPS) is 11.2. The van der Waals surface area contributed by atoms with Crippen LogP contribution in [0.15, 0.2) is 21.5 Å². The summed E-state index contributed by atoms with van der Waals surface area (Å²) in [6, 6.07) is 2.48. The van der Waals surface area contributed by atoms with Gasteiger partial charge >= 0.3 is 0 Å². The van der Waals surface area contributed by atoms with Gasteiger partial charge in [0, 0.05) is 13.1 Å². The van der Waals surface area contributed by atoms with Gasteiger partial charge in [-0.2, -0.15) is 0 Å². The van der Waals surface area contributed by atoms with E-state index < -0.39 is 15.8 Å². The standard InChI is InChI=1S/C11H16BrFN2O2S.ClH/c1-3-14-4-5-15-18(16,17)11-7-9(12)10(13)6-8(11)2;/h6-7,14-15H,3-5H2,1-2H3;1H. The monoisotopic (exact) mass is 374 g/mol. The first-order valence-corrected chi connectivity index (χ1v) is 7.82. The fraction of sp³-hybridized carbons (Fsp3) is 0.455. The van der Waals surface area contributed by atoms with E-state index in [-0.39, 0.29) is 21.8 Å². The third kappa shape index (κ3) is 5.35. The van der Waals surface area contributed by atoms with Gasteiger partial charge in [-0.05, 0) is 47.1 Å². The van der Waals surface area contributed by atoms with Crippen LogP contribution in [0.5, 0.6) is 0 Å². The van der Waals surface area contributed by atoms with E-state index in [0.717, 1.165) is 6.54 Å². The highest BCUT2D eigenvalue weighted by Gasteiger charge is 2.18. The van der Waals surface area contributed by atoms with Crippen molar-refractivity contribution in [2.24, 2.45) is 0 Å². The van der Waals surface area contributed by atoms with E-state index in [1.54, 1.807) is 6.92 Å². The molecule has 8 heteroatoms. The molecular weight excluding hydrogens is 359 g/mol. The second kappa shape index (κ2) is 8.16. The lowest BCUT2D eigenvalue weighted by Gasteiger charge is -2.10. The summed E-state index contributed by atoms with van der Waals surface area (Å²) in [5, 5.41) is 3.01. The van der Waals surface area contributed by atoms with Crippen molar-refractivity contribution >= 4 is 38.4 Å². The Kier molecular flexibility index (Phi) is 8.07. The Morgan fingerprint density at radius 3 is 2.53 bits per heavy atom. The molecule has 0 aliphatic carbocycles. The summed E-state index contributed by atoms with van der Waals surface area (Å²) in [7, 11) is -3.60. The molecular formula is C11H17BrClFN2O2S. The van der Waals surface area contributed by atoms with E-state index in [1.165, 1.54) is 12.1 Å². The average molecular weight is 376 g/mol. The van der Waals surface area contributed by atoms with Gasteiger partial charge in [0.05, 0.1) is 9.37 Å². The molecule has 0 heterocycles. The fourth-order valence-electron chi connectivity index (χ4n) is 1.45. The van der Waals surface area contributed by atoms with Gasteiger partial charge in [0.2, 0.25) is 10.0 Å². The Morgan fingerprint density at radius 2 is 1.95 bits per heavy atom.